The molecule has 0 aliphatic carbocycles. The van der Waals surface area contributed by atoms with E-state index in [1.165, 1.54) is 11.3 Å². The molecule has 96 valence electrons. The van der Waals surface area contributed by atoms with Crippen LogP contribution in [0.5, 0.6) is 0 Å². The van der Waals surface area contributed by atoms with E-state index in [9.17, 15) is 8.42 Å². The van der Waals surface area contributed by atoms with Crippen LogP contribution in [0.4, 0.5) is 0 Å². The van der Waals surface area contributed by atoms with Gasteiger partial charge in [-0.3, -0.25) is 4.98 Å². The summed E-state index contributed by atoms with van der Waals surface area (Å²) in [5.41, 5.74) is 1.57. The molecule has 0 unspecified atom stereocenters. The van der Waals surface area contributed by atoms with Crippen molar-refractivity contribution in [3.63, 3.8) is 0 Å². The Morgan fingerprint density at radius 1 is 1.33 bits per heavy atom. The number of sulfonamides is 1. The monoisotopic (exact) mass is 346 g/mol. The normalized spacial score (nSPS) is 11.7. The van der Waals surface area contributed by atoms with E-state index in [-0.39, 0.29) is 6.54 Å². The Balaban J connectivity index is 2.10. The number of halogens is 1. The van der Waals surface area contributed by atoms with E-state index in [1.54, 1.807) is 18.2 Å². The van der Waals surface area contributed by atoms with Crippen LogP contribution in [-0.4, -0.2) is 13.4 Å². The molecule has 1 N–H and O–H groups in total. The molecule has 0 aliphatic rings. The topological polar surface area (TPSA) is 59.1 Å². The Hall–Kier alpha value is -0.760. The second-order valence-corrected chi connectivity index (χ2v) is 8.11. The van der Waals surface area contributed by atoms with Gasteiger partial charge in [0.1, 0.15) is 4.21 Å². The maximum atomic E-state index is 12.0. The molecule has 18 heavy (non-hydrogen) atoms. The van der Waals surface area contributed by atoms with Crippen molar-refractivity contribution < 1.29 is 8.42 Å². The predicted molar refractivity (Wildman–Crippen MR) is 75.0 cm³/mol. The molecule has 2 heterocycles. The number of hydrogen-bond acceptors (Lipinski definition) is 4. The van der Waals surface area contributed by atoms with Crippen LogP contribution in [0.25, 0.3) is 0 Å². The fourth-order valence-corrected chi connectivity index (χ4v) is 4.43. The zero-order valence-electron chi connectivity index (χ0n) is 9.55. The number of nitrogens with zero attached hydrogens (tertiary/aromatic N) is 1. The maximum Gasteiger partial charge on any atom is 0.250 e. The molecule has 0 amide bonds. The summed E-state index contributed by atoms with van der Waals surface area (Å²) in [5, 5.41) is 0. The Morgan fingerprint density at radius 2 is 2.11 bits per heavy atom. The summed E-state index contributed by atoms with van der Waals surface area (Å²) in [4.78, 5) is 4.24. The number of hydrogen-bond donors (Lipinski definition) is 1. The van der Waals surface area contributed by atoms with Crippen LogP contribution in [0, 0.1) is 6.92 Å². The Morgan fingerprint density at radius 3 is 2.72 bits per heavy atom. The van der Waals surface area contributed by atoms with Gasteiger partial charge in [0.15, 0.2) is 0 Å². The third kappa shape index (κ3) is 3.38. The maximum absolute atomic E-state index is 12.0. The van der Waals surface area contributed by atoms with Crippen LogP contribution in [-0.2, 0) is 16.6 Å². The second kappa shape index (κ2) is 5.48. The van der Waals surface area contributed by atoms with Gasteiger partial charge >= 0.3 is 0 Å². The fourth-order valence-electron chi connectivity index (χ4n) is 1.38. The molecule has 4 nitrogen and oxygen atoms in total. The lowest BCUT2D eigenvalue weighted by Crippen LogP contribution is -2.22. The predicted octanol–water partition coefficient (Wildman–Crippen LogP) is 2.69. The van der Waals surface area contributed by atoms with E-state index in [1.807, 2.05) is 19.1 Å². The Bertz CT molecular complexity index is 653. The zero-order valence-corrected chi connectivity index (χ0v) is 12.8. The highest BCUT2D eigenvalue weighted by atomic mass is 79.9. The lowest BCUT2D eigenvalue weighted by atomic mass is 10.3. The Kier molecular flexibility index (Phi) is 4.16. The van der Waals surface area contributed by atoms with Crippen molar-refractivity contribution in [2.75, 3.05) is 0 Å². The van der Waals surface area contributed by atoms with E-state index >= 15 is 0 Å². The Labute approximate surface area is 118 Å². The average Bonchev–Trinajstić information content (AvgIpc) is 2.74. The van der Waals surface area contributed by atoms with Crippen LogP contribution in [0.2, 0.25) is 0 Å². The summed E-state index contributed by atoms with van der Waals surface area (Å²) in [6.45, 7) is 2.06. The first-order chi connectivity index (χ1) is 8.47. The molecular weight excluding hydrogens is 336 g/mol. The van der Waals surface area contributed by atoms with Crippen molar-refractivity contribution in [2.24, 2.45) is 0 Å². The first kappa shape index (κ1) is 13.7. The first-order valence-electron chi connectivity index (χ1n) is 5.15. The van der Waals surface area contributed by atoms with Crippen molar-refractivity contribution >= 4 is 37.3 Å². The van der Waals surface area contributed by atoms with Gasteiger partial charge in [0.2, 0.25) is 10.0 Å². The molecule has 0 radical (unpaired) electrons. The van der Waals surface area contributed by atoms with Crippen LogP contribution in [0.15, 0.2) is 38.3 Å². The molecule has 0 atom stereocenters. The number of aromatic nitrogens is 1. The van der Waals surface area contributed by atoms with Crippen LogP contribution in [0.1, 0.15) is 11.4 Å². The largest absolute Gasteiger partial charge is 0.257 e. The van der Waals surface area contributed by atoms with Gasteiger partial charge in [0.25, 0.3) is 0 Å². The number of rotatable bonds is 4. The molecule has 0 spiro atoms. The lowest BCUT2D eigenvalue weighted by molar-refractivity contribution is 0.582. The molecule has 2 aromatic heterocycles. The molecule has 0 saturated heterocycles. The lowest BCUT2D eigenvalue weighted by Gasteiger charge is -2.04. The number of aryl methyl sites for hydroxylation is 1. The van der Waals surface area contributed by atoms with E-state index in [2.05, 4.69) is 25.6 Å². The van der Waals surface area contributed by atoms with Crippen molar-refractivity contribution in [3.8, 4) is 0 Å². The van der Waals surface area contributed by atoms with E-state index in [0.29, 0.717) is 9.90 Å². The third-order valence-electron chi connectivity index (χ3n) is 2.20. The second-order valence-electron chi connectivity index (χ2n) is 3.65. The molecule has 2 rings (SSSR count). The molecule has 2 aromatic rings. The van der Waals surface area contributed by atoms with Gasteiger partial charge in [0.05, 0.1) is 16.0 Å². The van der Waals surface area contributed by atoms with Crippen LogP contribution >= 0.6 is 27.3 Å². The molecule has 0 saturated carbocycles. The van der Waals surface area contributed by atoms with E-state index in [4.69, 9.17) is 0 Å². The van der Waals surface area contributed by atoms with Gasteiger partial charge in [-0.25, -0.2) is 13.1 Å². The highest BCUT2D eigenvalue weighted by Crippen LogP contribution is 2.25. The van der Waals surface area contributed by atoms with Crippen LogP contribution in [0.3, 0.4) is 0 Å². The quantitative estimate of drug-likeness (QED) is 0.925. The van der Waals surface area contributed by atoms with Gasteiger partial charge in [-0.1, -0.05) is 6.07 Å². The summed E-state index contributed by atoms with van der Waals surface area (Å²) >= 11 is 4.42. The van der Waals surface area contributed by atoms with Crippen molar-refractivity contribution in [1.29, 1.82) is 0 Å². The standard InChI is InChI=1S/C11H11BrN2O2S2/c1-8-3-2-4-9(14-8)7-13-18(15,16)11-6-5-10(12)17-11/h2-6,13H,7H2,1H3. The summed E-state index contributed by atoms with van der Waals surface area (Å²) in [5.74, 6) is 0. The summed E-state index contributed by atoms with van der Waals surface area (Å²) < 4.78 is 27.5. The highest BCUT2D eigenvalue weighted by molar-refractivity contribution is 9.11. The molecular formula is C11H11BrN2O2S2. The summed E-state index contributed by atoms with van der Waals surface area (Å²) in [6.07, 6.45) is 0. The summed E-state index contributed by atoms with van der Waals surface area (Å²) in [7, 11) is -3.45. The molecule has 0 aliphatic heterocycles. The third-order valence-corrected chi connectivity index (χ3v) is 5.72. The summed E-state index contributed by atoms with van der Waals surface area (Å²) in [6, 6.07) is 8.80. The van der Waals surface area contributed by atoms with Crippen molar-refractivity contribution in [2.45, 2.75) is 17.7 Å². The minimum Gasteiger partial charge on any atom is -0.257 e. The van der Waals surface area contributed by atoms with Gasteiger partial charge in [-0.2, -0.15) is 0 Å². The van der Waals surface area contributed by atoms with Crippen molar-refractivity contribution in [1.82, 2.24) is 9.71 Å². The number of nitrogens with one attached hydrogen (secondary N) is 1. The fraction of sp³-hybridized carbons (Fsp3) is 0.182. The molecule has 0 bridgehead atoms. The minimum absolute atomic E-state index is 0.194. The SMILES string of the molecule is Cc1cccc(CNS(=O)(=O)c2ccc(Br)s2)n1. The zero-order chi connectivity index (χ0) is 13.2. The van der Waals surface area contributed by atoms with E-state index < -0.39 is 10.0 Å². The van der Waals surface area contributed by atoms with Crippen molar-refractivity contribution in [3.05, 3.63) is 45.5 Å². The molecule has 7 heteroatoms. The number of thiophene rings is 1. The van der Waals surface area contributed by atoms with Gasteiger partial charge in [-0.05, 0) is 47.1 Å². The first-order valence-corrected chi connectivity index (χ1v) is 8.24. The molecule has 0 aromatic carbocycles. The van der Waals surface area contributed by atoms with Gasteiger partial charge < -0.3 is 0 Å². The highest BCUT2D eigenvalue weighted by Gasteiger charge is 2.16. The van der Waals surface area contributed by atoms with E-state index in [0.717, 1.165) is 9.48 Å². The number of pyridine rings is 1. The smallest absolute Gasteiger partial charge is 0.250 e. The van der Waals surface area contributed by atoms with Crippen LogP contribution < -0.4 is 4.72 Å². The van der Waals surface area contributed by atoms with Gasteiger partial charge in [-0.15, -0.1) is 11.3 Å². The van der Waals surface area contributed by atoms with Gasteiger partial charge in [0, 0.05) is 5.69 Å². The molecule has 0 fully saturated rings. The minimum atomic E-state index is -3.45. The average molecular weight is 347 g/mol.